The smallest absolute Gasteiger partial charge is 0.273 e. The van der Waals surface area contributed by atoms with Crippen molar-refractivity contribution in [2.75, 3.05) is 19.6 Å². The van der Waals surface area contributed by atoms with Gasteiger partial charge in [0.1, 0.15) is 12.2 Å². The van der Waals surface area contributed by atoms with Gasteiger partial charge < -0.3 is 14.5 Å². The molecule has 0 aromatic carbocycles. The number of hydrogen-bond donors (Lipinski definition) is 0. The van der Waals surface area contributed by atoms with Gasteiger partial charge in [0, 0.05) is 36.9 Å². The second-order valence-corrected chi connectivity index (χ2v) is 9.13. The lowest BCUT2D eigenvalue weighted by molar-refractivity contribution is -0.134. The van der Waals surface area contributed by atoms with Gasteiger partial charge in [-0.05, 0) is 31.4 Å². The van der Waals surface area contributed by atoms with Crippen molar-refractivity contribution in [1.29, 1.82) is 0 Å². The van der Waals surface area contributed by atoms with Crippen molar-refractivity contribution in [3.8, 4) is 0 Å². The van der Waals surface area contributed by atoms with Crippen LogP contribution in [0.15, 0.2) is 29.9 Å². The minimum atomic E-state index is -0.248. The summed E-state index contributed by atoms with van der Waals surface area (Å²) in [6, 6.07) is 4.09. The van der Waals surface area contributed by atoms with Crippen LogP contribution in [0.4, 0.5) is 0 Å². The van der Waals surface area contributed by atoms with Crippen LogP contribution >= 0.6 is 11.3 Å². The van der Waals surface area contributed by atoms with Crippen LogP contribution in [0, 0.1) is 6.92 Å². The molecule has 0 spiro atoms. The summed E-state index contributed by atoms with van der Waals surface area (Å²) >= 11 is 1.44. The first-order valence-corrected chi connectivity index (χ1v) is 11.5. The summed E-state index contributed by atoms with van der Waals surface area (Å²) in [5.74, 6) is -0.192. The number of aromatic nitrogens is 2. The Hall–Kier alpha value is -2.32. The van der Waals surface area contributed by atoms with Crippen LogP contribution in [-0.2, 0) is 16.1 Å². The second kappa shape index (κ2) is 9.66. The molecule has 1 aliphatic carbocycles. The first kappa shape index (κ1) is 20.9. The number of amides is 2. The zero-order valence-electron chi connectivity index (χ0n) is 17.3. The molecule has 2 aromatic heterocycles. The zero-order valence-corrected chi connectivity index (χ0v) is 18.1. The Balaban J connectivity index is 1.52. The van der Waals surface area contributed by atoms with Gasteiger partial charge in [-0.3, -0.25) is 14.6 Å². The normalized spacial score (nSPS) is 21.0. The Bertz CT molecular complexity index is 866. The first-order chi connectivity index (χ1) is 14.6. The minimum absolute atomic E-state index is 0.00896. The predicted molar refractivity (Wildman–Crippen MR) is 114 cm³/mol. The molecule has 30 heavy (non-hydrogen) atoms. The van der Waals surface area contributed by atoms with Crippen LogP contribution in [-0.4, -0.2) is 63.4 Å². The van der Waals surface area contributed by atoms with E-state index in [0.717, 1.165) is 36.3 Å². The maximum absolute atomic E-state index is 13.1. The molecule has 0 bridgehead atoms. The summed E-state index contributed by atoms with van der Waals surface area (Å²) < 4.78 is 6.19. The third-order valence-electron chi connectivity index (χ3n) is 5.82. The van der Waals surface area contributed by atoms with Gasteiger partial charge in [0.15, 0.2) is 0 Å². The maximum Gasteiger partial charge on any atom is 0.273 e. The van der Waals surface area contributed by atoms with Crippen molar-refractivity contribution < 1.29 is 14.3 Å². The van der Waals surface area contributed by atoms with E-state index in [4.69, 9.17) is 4.74 Å². The zero-order chi connectivity index (χ0) is 20.9. The van der Waals surface area contributed by atoms with E-state index in [1.54, 1.807) is 22.7 Å². The quantitative estimate of drug-likeness (QED) is 0.732. The Morgan fingerprint density at radius 1 is 1.27 bits per heavy atom. The molecule has 2 aliphatic rings. The monoisotopic (exact) mass is 428 g/mol. The number of rotatable bonds is 5. The van der Waals surface area contributed by atoms with E-state index in [-0.39, 0.29) is 30.5 Å². The Labute approximate surface area is 181 Å². The van der Waals surface area contributed by atoms with E-state index in [1.807, 2.05) is 24.0 Å². The summed E-state index contributed by atoms with van der Waals surface area (Å²) in [4.78, 5) is 38.2. The van der Waals surface area contributed by atoms with Gasteiger partial charge >= 0.3 is 0 Å². The number of nitrogens with zero attached hydrogens (tertiary/aromatic N) is 4. The van der Waals surface area contributed by atoms with E-state index < -0.39 is 0 Å². The lowest BCUT2D eigenvalue weighted by Gasteiger charge is -2.34. The van der Waals surface area contributed by atoms with Crippen LogP contribution in [0.2, 0.25) is 0 Å². The SMILES string of the molecule is Cc1nc(C(=O)N2CC(=O)N(C3CCCCC3)C[C@H](OCc3cccnc3)C2)cs1. The highest BCUT2D eigenvalue weighted by Crippen LogP contribution is 2.25. The molecular formula is C22H28N4O3S. The number of pyridine rings is 1. The van der Waals surface area contributed by atoms with Crippen molar-refractivity contribution in [1.82, 2.24) is 19.8 Å². The van der Waals surface area contributed by atoms with E-state index >= 15 is 0 Å². The molecular weight excluding hydrogens is 400 g/mol. The van der Waals surface area contributed by atoms with E-state index in [1.165, 1.54) is 17.8 Å². The van der Waals surface area contributed by atoms with Gasteiger partial charge in [-0.25, -0.2) is 4.98 Å². The largest absolute Gasteiger partial charge is 0.370 e. The highest BCUT2D eigenvalue weighted by atomic mass is 32.1. The van der Waals surface area contributed by atoms with E-state index in [0.29, 0.717) is 25.4 Å². The Morgan fingerprint density at radius 3 is 2.80 bits per heavy atom. The average molecular weight is 429 g/mol. The van der Waals surface area contributed by atoms with Gasteiger partial charge in [0.25, 0.3) is 5.91 Å². The summed E-state index contributed by atoms with van der Waals surface area (Å²) in [5.41, 5.74) is 1.38. The van der Waals surface area contributed by atoms with Crippen LogP contribution < -0.4 is 0 Å². The number of carbonyl (C=O) groups excluding carboxylic acids is 2. The fourth-order valence-electron chi connectivity index (χ4n) is 4.27. The van der Waals surface area contributed by atoms with Gasteiger partial charge in [0.2, 0.25) is 5.91 Å². The predicted octanol–water partition coefficient (Wildman–Crippen LogP) is 3.05. The molecule has 8 heteroatoms. The Morgan fingerprint density at radius 2 is 2.10 bits per heavy atom. The molecule has 1 atom stereocenters. The van der Waals surface area contributed by atoms with Crippen molar-refractivity contribution in [2.45, 2.75) is 57.8 Å². The maximum atomic E-state index is 13.1. The van der Waals surface area contributed by atoms with E-state index in [9.17, 15) is 9.59 Å². The summed E-state index contributed by atoms with van der Waals surface area (Å²) in [6.07, 6.45) is 8.85. The van der Waals surface area contributed by atoms with Crippen LogP contribution in [0.5, 0.6) is 0 Å². The molecule has 160 valence electrons. The highest BCUT2D eigenvalue weighted by molar-refractivity contribution is 7.09. The summed E-state index contributed by atoms with van der Waals surface area (Å²) in [5, 5.41) is 2.60. The topological polar surface area (TPSA) is 75.6 Å². The molecule has 0 radical (unpaired) electrons. The molecule has 0 unspecified atom stereocenters. The summed E-state index contributed by atoms with van der Waals surface area (Å²) in [7, 11) is 0. The Kier molecular flexibility index (Phi) is 6.74. The standard InChI is InChI=1S/C22H28N4O3S/c1-16-24-20(15-30-16)22(28)25-11-19(29-14-17-6-5-9-23-10-17)12-26(21(27)13-25)18-7-3-2-4-8-18/h5-6,9-10,15,18-19H,2-4,7-8,11-14H2,1H3/t19-/m1/s1. The number of hydrogen-bond acceptors (Lipinski definition) is 6. The van der Waals surface area contributed by atoms with Gasteiger partial charge in [0.05, 0.1) is 17.7 Å². The highest BCUT2D eigenvalue weighted by Gasteiger charge is 2.35. The van der Waals surface area contributed by atoms with Crippen molar-refractivity contribution in [3.63, 3.8) is 0 Å². The number of carbonyl (C=O) groups is 2. The lowest BCUT2D eigenvalue weighted by Crippen LogP contribution is -2.46. The fraction of sp³-hybridized carbons (Fsp3) is 0.545. The summed E-state index contributed by atoms with van der Waals surface area (Å²) in [6.45, 7) is 3.26. The minimum Gasteiger partial charge on any atom is -0.370 e. The molecule has 1 saturated heterocycles. The van der Waals surface area contributed by atoms with Crippen molar-refractivity contribution in [2.24, 2.45) is 0 Å². The van der Waals surface area contributed by atoms with Crippen molar-refractivity contribution in [3.05, 3.63) is 46.2 Å². The molecule has 0 N–H and O–H groups in total. The fourth-order valence-corrected chi connectivity index (χ4v) is 4.86. The molecule has 4 rings (SSSR count). The average Bonchev–Trinajstić information content (AvgIpc) is 3.14. The first-order valence-electron chi connectivity index (χ1n) is 10.6. The number of thiazole rings is 1. The third-order valence-corrected chi connectivity index (χ3v) is 6.59. The molecule has 3 heterocycles. The molecule has 7 nitrogen and oxygen atoms in total. The van der Waals surface area contributed by atoms with Crippen LogP contribution in [0.3, 0.4) is 0 Å². The number of ether oxygens (including phenoxy) is 1. The van der Waals surface area contributed by atoms with Gasteiger partial charge in [-0.2, -0.15) is 0 Å². The number of aryl methyl sites for hydroxylation is 1. The van der Waals surface area contributed by atoms with Crippen molar-refractivity contribution >= 4 is 23.2 Å². The molecule has 2 fully saturated rings. The van der Waals surface area contributed by atoms with Gasteiger partial charge in [-0.15, -0.1) is 11.3 Å². The molecule has 2 amide bonds. The molecule has 2 aromatic rings. The van der Waals surface area contributed by atoms with Gasteiger partial charge in [-0.1, -0.05) is 25.3 Å². The second-order valence-electron chi connectivity index (χ2n) is 8.07. The lowest BCUT2D eigenvalue weighted by atomic mass is 9.94. The van der Waals surface area contributed by atoms with E-state index in [2.05, 4.69) is 9.97 Å². The van der Waals surface area contributed by atoms with Crippen LogP contribution in [0.25, 0.3) is 0 Å². The third kappa shape index (κ3) is 5.05. The molecule has 1 aliphatic heterocycles. The van der Waals surface area contributed by atoms with Crippen LogP contribution in [0.1, 0.15) is 53.2 Å². The molecule has 1 saturated carbocycles.